The second kappa shape index (κ2) is 23.5. The first-order valence-electron chi connectivity index (χ1n) is 26.2. The predicted molar refractivity (Wildman–Crippen MR) is 338 cm³/mol. The van der Waals surface area contributed by atoms with Crippen LogP contribution >= 0.6 is 67.8 Å². The Morgan fingerprint density at radius 2 is 0.658 bits per heavy atom. The quantitative estimate of drug-likeness (QED) is 0.0539. The van der Waals surface area contributed by atoms with Crippen LogP contribution in [0.15, 0.2) is 195 Å². The monoisotopic (exact) mass is 1370 g/mol. The lowest BCUT2D eigenvalue weighted by atomic mass is 10.0. The second-order valence-corrected chi connectivity index (χ2v) is 23.6. The van der Waals surface area contributed by atoms with Crippen LogP contribution < -0.4 is 18.3 Å². The SMILES string of the molecule is O=C(O)CCCC[n+]1ccc(-c2c3nc(c(-c4cc[n+](Cc5ccc(I)cc5)cc4)c4ccc([nH]4)c(-c4cc[n+](Cc5ccc(I)cc5)cc4)c4nc(c(-c5cc[n+](Cc6ccc(I)cc6)cc5)c5ccc2[nH]5)C=C4)C=C3)cc1. The van der Waals surface area contributed by atoms with Gasteiger partial charge in [0.25, 0.3) is 0 Å². The highest BCUT2D eigenvalue weighted by molar-refractivity contribution is 14.1. The van der Waals surface area contributed by atoms with Crippen LogP contribution in [0.1, 0.15) is 58.7 Å². The van der Waals surface area contributed by atoms with Crippen molar-refractivity contribution in [2.75, 3.05) is 0 Å². The van der Waals surface area contributed by atoms with Crippen molar-refractivity contribution in [2.24, 2.45) is 0 Å². The molecule has 0 aliphatic carbocycles. The number of hydrogen-bond donors (Lipinski definition) is 3. The summed E-state index contributed by atoms with van der Waals surface area (Å²) in [6.45, 7) is 2.97. The van der Waals surface area contributed by atoms with Gasteiger partial charge >= 0.3 is 5.97 Å². The van der Waals surface area contributed by atoms with Gasteiger partial charge in [-0.05, 0) is 181 Å². The molecular weight excluding hydrogens is 1320 g/mol. The molecule has 2 aliphatic heterocycles. The summed E-state index contributed by atoms with van der Waals surface area (Å²) in [6, 6.07) is 52.1. The van der Waals surface area contributed by atoms with Crippen molar-refractivity contribution in [3.8, 4) is 44.5 Å². The largest absolute Gasteiger partial charge is 0.481 e. The molecule has 0 fully saturated rings. The Labute approximate surface area is 499 Å². The molecule has 8 bridgehead atoms. The van der Waals surface area contributed by atoms with Crippen molar-refractivity contribution in [3.05, 3.63) is 245 Å². The number of benzene rings is 3. The van der Waals surface area contributed by atoms with Crippen molar-refractivity contribution in [3.63, 3.8) is 0 Å². The van der Waals surface area contributed by atoms with E-state index in [4.69, 9.17) is 9.97 Å². The molecule has 3 N–H and O–H groups in total. The van der Waals surface area contributed by atoms with Gasteiger partial charge in [0.2, 0.25) is 0 Å². The minimum Gasteiger partial charge on any atom is -0.481 e. The lowest BCUT2D eigenvalue weighted by Crippen LogP contribution is -2.33. The Kier molecular flexibility index (Phi) is 15.5. The third-order valence-corrected chi connectivity index (χ3v) is 16.5. The van der Waals surface area contributed by atoms with Gasteiger partial charge in [0.05, 0.1) is 22.8 Å². The number of H-pyrrole nitrogens is 2. The fourth-order valence-electron chi connectivity index (χ4n) is 10.4. The lowest BCUT2D eigenvalue weighted by molar-refractivity contribution is -0.697. The van der Waals surface area contributed by atoms with Gasteiger partial charge in [-0.1, -0.05) is 36.4 Å². The van der Waals surface area contributed by atoms with Gasteiger partial charge in [-0.25, -0.2) is 28.2 Å². The van der Waals surface area contributed by atoms with E-state index in [1.807, 2.05) is 0 Å². The molecule has 79 heavy (non-hydrogen) atoms. The highest BCUT2D eigenvalue weighted by Gasteiger charge is 2.21. The maximum atomic E-state index is 11.3. The van der Waals surface area contributed by atoms with Crippen molar-refractivity contribution >= 4 is 120 Å². The Bertz CT molecular complexity index is 4030. The maximum absolute atomic E-state index is 11.3. The Morgan fingerprint density at radius 3 is 0.937 bits per heavy atom. The first kappa shape index (κ1) is 52.2. The standard InChI is InChI=1S/C66H50I3N8O2/c67-51-10-4-44(5-11-51)41-75-35-26-48(27-36-75)64-56-18-16-54(70-56)63(47-24-33-74(34-25-47)32-2-1-3-62(78)79)55-17-19-57(71-55)65(49-28-37-76(38-29-49)42-45-6-12-52(68)13-7-45)59-21-23-61(73-59)66(60-22-20-58(64)72-60)50-30-39-77(40-31-50)43-46-8-14-53(69)15-9-46/h4-31,33-40H,1-3,32,41-43H2/q+1/p+3. The highest BCUT2D eigenvalue weighted by Crippen LogP contribution is 2.38. The smallest absolute Gasteiger partial charge is 0.303 e. The highest BCUT2D eigenvalue weighted by atomic mass is 127. The minimum absolute atomic E-state index is 0.161. The molecule has 10 aromatic rings. The van der Waals surface area contributed by atoms with Crippen molar-refractivity contribution in [2.45, 2.75) is 45.4 Å². The zero-order valence-corrected chi connectivity index (χ0v) is 49.4. The van der Waals surface area contributed by atoms with E-state index in [0.29, 0.717) is 6.42 Å². The van der Waals surface area contributed by atoms with Crippen LogP contribution in [-0.2, 0) is 31.0 Å². The number of rotatable bonds is 15. The summed E-state index contributed by atoms with van der Waals surface area (Å²) in [5.41, 5.74) is 18.7. The number of carboxylic acid groups (broad SMARTS) is 1. The van der Waals surface area contributed by atoms with Gasteiger partial charge < -0.3 is 15.1 Å². The molecule has 7 aromatic heterocycles. The zero-order valence-electron chi connectivity index (χ0n) is 42.9. The number of aliphatic carboxylic acids is 1. The van der Waals surface area contributed by atoms with E-state index in [1.165, 1.54) is 27.4 Å². The number of aryl methyl sites for hydroxylation is 1. The van der Waals surface area contributed by atoms with Gasteiger partial charge in [0, 0.05) is 133 Å². The van der Waals surface area contributed by atoms with Crippen LogP contribution in [0.5, 0.6) is 0 Å². The molecule has 0 saturated heterocycles. The summed E-state index contributed by atoms with van der Waals surface area (Å²) in [5, 5.41) is 9.25. The number of unbranched alkanes of at least 4 members (excludes halogenated alkanes) is 1. The van der Waals surface area contributed by atoms with Crippen LogP contribution in [0, 0.1) is 10.7 Å². The fourth-order valence-corrected chi connectivity index (χ4v) is 11.4. The molecule has 0 saturated carbocycles. The van der Waals surface area contributed by atoms with E-state index in [1.54, 1.807) is 0 Å². The molecule has 0 radical (unpaired) electrons. The fraction of sp³-hybridized carbons (Fsp3) is 0.106. The number of nitrogens with zero attached hydrogens (tertiary/aromatic N) is 6. The van der Waals surface area contributed by atoms with Crippen LogP contribution in [0.4, 0.5) is 0 Å². The summed E-state index contributed by atoms with van der Waals surface area (Å²) >= 11 is 7.06. The van der Waals surface area contributed by atoms with Crippen LogP contribution in [0.25, 0.3) is 90.9 Å². The third-order valence-electron chi connectivity index (χ3n) is 14.4. The molecule has 0 unspecified atom stereocenters. The average molecular weight is 1370 g/mol. The number of fused-ring (bicyclic) bond motifs is 8. The number of aromatic nitrogens is 8. The summed E-state index contributed by atoms with van der Waals surface area (Å²) in [5.74, 6) is -0.767. The Hall–Kier alpha value is -7.48. The Balaban J connectivity index is 1.07. The Morgan fingerprint density at radius 1 is 0.380 bits per heavy atom. The number of carboxylic acids is 1. The third kappa shape index (κ3) is 12.1. The molecule has 386 valence electrons. The molecule has 0 spiro atoms. The van der Waals surface area contributed by atoms with Crippen molar-refractivity contribution in [1.82, 2.24) is 19.9 Å². The molecule has 12 rings (SSSR count). The minimum atomic E-state index is -0.767. The first-order chi connectivity index (χ1) is 38.6. The number of carbonyl (C=O) groups is 1. The number of nitrogens with one attached hydrogen (secondary N) is 2. The van der Waals surface area contributed by atoms with Crippen LogP contribution in [0.2, 0.25) is 0 Å². The summed E-state index contributed by atoms with van der Waals surface area (Å²) in [6.07, 6.45) is 27.2. The van der Waals surface area contributed by atoms with Gasteiger partial charge in [-0.3, -0.25) is 4.79 Å². The maximum Gasteiger partial charge on any atom is 0.303 e. The molecule has 9 heterocycles. The van der Waals surface area contributed by atoms with E-state index in [2.05, 4.69) is 315 Å². The van der Waals surface area contributed by atoms with Crippen molar-refractivity contribution < 1.29 is 28.2 Å². The van der Waals surface area contributed by atoms with E-state index < -0.39 is 5.97 Å². The van der Waals surface area contributed by atoms with Crippen LogP contribution in [-0.4, -0.2) is 31.0 Å². The first-order valence-corrected chi connectivity index (χ1v) is 29.5. The van der Waals surface area contributed by atoms with Gasteiger partial charge in [0.1, 0.15) is 6.54 Å². The van der Waals surface area contributed by atoms with E-state index in [-0.39, 0.29) is 6.42 Å². The number of aromatic amines is 2. The summed E-state index contributed by atoms with van der Waals surface area (Å²) in [4.78, 5) is 30.3. The topological polar surface area (TPSA) is 110 Å². The molecular formula is C66H53I3N8O2+4. The molecule has 10 nitrogen and oxygen atoms in total. The molecule has 3 aromatic carbocycles. The van der Waals surface area contributed by atoms with Gasteiger partial charge in [-0.2, -0.15) is 0 Å². The number of halogens is 3. The van der Waals surface area contributed by atoms with Gasteiger partial charge in [0.15, 0.2) is 69.2 Å². The lowest BCUT2D eigenvalue weighted by Gasteiger charge is -2.07. The average Bonchev–Trinajstić information content (AvgIpc) is 4.49. The number of hydrogen-bond acceptors (Lipinski definition) is 3. The van der Waals surface area contributed by atoms with Crippen molar-refractivity contribution in [1.29, 1.82) is 0 Å². The van der Waals surface area contributed by atoms with Crippen LogP contribution in [0.3, 0.4) is 0 Å². The molecule has 0 atom stereocenters. The summed E-state index contributed by atoms with van der Waals surface area (Å²) < 4.78 is 12.4. The molecule has 13 heteroatoms. The normalized spacial score (nSPS) is 11.8. The van der Waals surface area contributed by atoms with E-state index in [0.717, 1.165) is 122 Å². The zero-order chi connectivity index (χ0) is 53.8. The second-order valence-electron chi connectivity index (χ2n) is 19.8. The van der Waals surface area contributed by atoms with E-state index >= 15 is 0 Å². The van der Waals surface area contributed by atoms with Gasteiger partial charge in [-0.15, -0.1) is 0 Å². The molecule has 2 aliphatic rings. The summed E-state index contributed by atoms with van der Waals surface area (Å²) in [7, 11) is 0. The number of pyridine rings is 4. The predicted octanol–water partition coefficient (Wildman–Crippen LogP) is 13.7. The van der Waals surface area contributed by atoms with E-state index in [9.17, 15) is 9.90 Å². The molecule has 0 amide bonds.